The highest BCUT2D eigenvalue weighted by Crippen LogP contribution is 2.48. The second-order valence-corrected chi connectivity index (χ2v) is 5.35. The van der Waals surface area contributed by atoms with Crippen LogP contribution >= 0.6 is 0 Å². The molecule has 3 aliphatic rings. The molecule has 0 radical (unpaired) electrons. The fraction of sp³-hybridized carbons (Fsp3) is 0.286. The van der Waals surface area contributed by atoms with Crippen LogP contribution in [0.5, 0.6) is 0 Å². The van der Waals surface area contributed by atoms with E-state index in [0.29, 0.717) is 11.3 Å². The number of hydrogen-bond donors (Lipinski definition) is 2. The molecular weight excluding hydrogens is 260 g/mol. The summed E-state index contributed by atoms with van der Waals surface area (Å²) >= 11 is 0. The minimum absolute atomic E-state index is 0.479. The molecule has 3 heterocycles. The monoisotopic (exact) mass is 272 g/mol. The molecule has 3 atom stereocenters. The Morgan fingerprint density at radius 3 is 2.90 bits per heavy atom. The Kier molecular flexibility index (Phi) is 1.91. The molecule has 3 aliphatic heterocycles. The number of imide groups is 1. The van der Waals surface area contributed by atoms with Gasteiger partial charge in [0.15, 0.2) is 0 Å². The van der Waals surface area contributed by atoms with Crippen LogP contribution in [0.15, 0.2) is 36.4 Å². The summed E-state index contributed by atoms with van der Waals surface area (Å²) in [5.41, 5.74) is -1.77. The number of anilines is 1. The fourth-order valence-electron chi connectivity index (χ4n) is 3.08. The van der Waals surface area contributed by atoms with Crippen LogP contribution in [-0.2, 0) is 15.1 Å². The van der Waals surface area contributed by atoms with Gasteiger partial charge in [-0.3, -0.25) is 15.0 Å². The highest BCUT2D eigenvalue weighted by atomic mass is 16.6. The summed E-state index contributed by atoms with van der Waals surface area (Å²) in [4.78, 5) is 25.5. The molecular formula is C14H12N2O4. The van der Waals surface area contributed by atoms with Crippen LogP contribution in [0, 0.1) is 0 Å². The molecule has 0 unspecified atom stereocenters. The number of nitrogens with one attached hydrogen (secondary N) is 1. The van der Waals surface area contributed by atoms with Crippen molar-refractivity contribution in [2.45, 2.75) is 24.4 Å². The zero-order chi connectivity index (χ0) is 14.1. The maximum Gasteiger partial charge on any atom is 0.331 e. The van der Waals surface area contributed by atoms with Crippen molar-refractivity contribution >= 4 is 17.6 Å². The highest BCUT2D eigenvalue weighted by molar-refractivity contribution is 6.17. The third-order valence-corrected chi connectivity index (χ3v) is 4.13. The van der Waals surface area contributed by atoms with Gasteiger partial charge in [-0.25, -0.2) is 4.79 Å². The van der Waals surface area contributed by atoms with Gasteiger partial charge in [0, 0.05) is 5.56 Å². The molecule has 0 aromatic heterocycles. The van der Waals surface area contributed by atoms with Crippen LogP contribution in [0.4, 0.5) is 10.5 Å². The van der Waals surface area contributed by atoms with Gasteiger partial charge < -0.3 is 9.84 Å². The molecule has 4 rings (SSSR count). The van der Waals surface area contributed by atoms with E-state index in [4.69, 9.17) is 4.74 Å². The van der Waals surface area contributed by atoms with E-state index >= 15 is 0 Å². The summed E-state index contributed by atoms with van der Waals surface area (Å²) < 4.78 is 5.75. The fourth-order valence-corrected chi connectivity index (χ4v) is 3.08. The van der Waals surface area contributed by atoms with Gasteiger partial charge in [0.1, 0.15) is 11.7 Å². The Hall–Kier alpha value is -2.18. The smallest absolute Gasteiger partial charge is 0.331 e. The summed E-state index contributed by atoms with van der Waals surface area (Å²) in [5, 5.41) is 13.0. The number of ether oxygens (including phenoxy) is 1. The number of fused-ring (bicyclic) bond motifs is 3. The lowest BCUT2D eigenvalue weighted by Crippen LogP contribution is -2.49. The first-order chi connectivity index (χ1) is 9.47. The third-order valence-electron chi connectivity index (χ3n) is 4.13. The van der Waals surface area contributed by atoms with E-state index in [0.717, 1.165) is 0 Å². The van der Waals surface area contributed by atoms with E-state index in [1.165, 1.54) is 11.0 Å². The predicted octanol–water partition coefficient (Wildman–Crippen LogP) is 0.615. The Bertz CT molecular complexity index is 682. The standard InChI is InChI=1S/C14H12N2O4/c1-13(19)8-4-2-3-5-9(8)16-12(18)15-11(17)14(16)7-6-10(13)20-14/h2-7,10,19H,1H3,(H,15,17,18)/t10-,13+,14-/m0/s1. The SMILES string of the molecule is C[C@@]1(O)c2ccccc2N2C(=O)NC(=O)[C@@]23C=C[C@@H]1O3. The minimum Gasteiger partial charge on any atom is -0.382 e. The Balaban J connectivity index is 2.06. The number of nitrogens with zero attached hydrogens (tertiary/aromatic N) is 1. The third kappa shape index (κ3) is 1.12. The van der Waals surface area contributed by atoms with E-state index in [1.54, 1.807) is 37.3 Å². The first-order valence-electron chi connectivity index (χ1n) is 6.31. The molecule has 3 amide bonds. The average Bonchev–Trinajstić information content (AvgIpc) is 2.92. The van der Waals surface area contributed by atoms with Crippen LogP contribution in [0.3, 0.4) is 0 Å². The van der Waals surface area contributed by atoms with Gasteiger partial charge >= 0.3 is 6.03 Å². The second-order valence-electron chi connectivity index (χ2n) is 5.35. The Morgan fingerprint density at radius 2 is 2.10 bits per heavy atom. The summed E-state index contributed by atoms with van der Waals surface area (Å²) in [5.74, 6) is -0.534. The molecule has 1 saturated heterocycles. The van der Waals surface area contributed by atoms with E-state index in [2.05, 4.69) is 5.32 Å². The van der Waals surface area contributed by atoms with Crippen LogP contribution in [0.2, 0.25) is 0 Å². The molecule has 0 saturated carbocycles. The molecule has 1 spiro atoms. The molecule has 20 heavy (non-hydrogen) atoms. The quantitative estimate of drug-likeness (QED) is 0.536. The number of carbonyl (C=O) groups is 2. The summed E-state index contributed by atoms with van der Waals surface area (Å²) in [6.45, 7) is 1.62. The van der Waals surface area contributed by atoms with Crippen molar-refractivity contribution in [2.24, 2.45) is 0 Å². The molecule has 2 N–H and O–H groups in total. The summed E-state index contributed by atoms with van der Waals surface area (Å²) in [7, 11) is 0. The van der Waals surface area contributed by atoms with Gasteiger partial charge in [-0.15, -0.1) is 0 Å². The number of para-hydroxylation sites is 1. The Labute approximate surface area is 114 Å². The minimum atomic E-state index is -1.49. The number of benzene rings is 1. The van der Waals surface area contributed by atoms with Gasteiger partial charge in [0.25, 0.3) is 11.6 Å². The largest absolute Gasteiger partial charge is 0.382 e. The predicted molar refractivity (Wildman–Crippen MR) is 68.8 cm³/mol. The van der Waals surface area contributed by atoms with Crippen molar-refractivity contribution in [3.05, 3.63) is 42.0 Å². The molecule has 1 aromatic rings. The number of hydrogen-bond acceptors (Lipinski definition) is 4. The molecule has 1 fully saturated rings. The van der Waals surface area contributed by atoms with Gasteiger partial charge in [0.2, 0.25) is 0 Å². The van der Waals surface area contributed by atoms with Gasteiger partial charge in [-0.05, 0) is 19.1 Å². The number of amides is 3. The zero-order valence-electron chi connectivity index (χ0n) is 10.7. The van der Waals surface area contributed by atoms with Crippen molar-refractivity contribution in [3.63, 3.8) is 0 Å². The second kappa shape index (κ2) is 3.28. The van der Waals surface area contributed by atoms with Crippen molar-refractivity contribution in [2.75, 3.05) is 4.90 Å². The number of urea groups is 1. The summed E-state index contributed by atoms with van der Waals surface area (Å²) in [6.07, 6.45) is 2.47. The van der Waals surface area contributed by atoms with Gasteiger partial charge in [-0.1, -0.05) is 24.3 Å². The summed E-state index contributed by atoms with van der Waals surface area (Å²) in [6, 6.07) is 6.41. The lowest BCUT2D eigenvalue weighted by atomic mass is 9.88. The molecule has 2 bridgehead atoms. The molecule has 6 heteroatoms. The van der Waals surface area contributed by atoms with Gasteiger partial charge in [-0.2, -0.15) is 0 Å². The molecule has 6 nitrogen and oxygen atoms in total. The molecule has 102 valence electrons. The maximum atomic E-state index is 12.1. The van der Waals surface area contributed by atoms with E-state index in [9.17, 15) is 14.7 Å². The lowest BCUT2D eigenvalue weighted by molar-refractivity contribution is -0.148. The van der Waals surface area contributed by atoms with Gasteiger partial charge in [0.05, 0.1) is 5.69 Å². The normalized spacial score (nSPS) is 37.5. The Morgan fingerprint density at radius 1 is 1.35 bits per heavy atom. The number of rotatable bonds is 0. The van der Waals surface area contributed by atoms with E-state index < -0.39 is 29.4 Å². The molecule has 0 aliphatic carbocycles. The molecule has 1 aromatic carbocycles. The first-order valence-corrected chi connectivity index (χ1v) is 6.31. The highest BCUT2D eigenvalue weighted by Gasteiger charge is 2.62. The van der Waals surface area contributed by atoms with Crippen molar-refractivity contribution in [1.29, 1.82) is 0 Å². The van der Waals surface area contributed by atoms with Crippen LogP contribution < -0.4 is 10.2 Å². The van der Waals surface area contributed by atoms with E-state index in [1.807, 2.05) is 0 Å². The van der Waals surface area contributed by atoms with Crippen LogP contribution in [0.1, 0.15) is 12.5 Å². The average molecular weight is 272 g/mol. The first kappa shape index (κ1) is 11.6. The van der Waals surface area contributed by atoms with E-state index in [-0.39, 0.29) is 0 Å². The van der Waals surface area contributed by atoms with Crippen molar-refractivity contribution in [1.82, 2.24) is 5.32 Å². The van der Waals surface area contributed by atoms with Crippen molar-refractivity contribution < 1.29 is 19.4 Å². The van der Waals surface area contributed by atoms with Crippen molar-refractivity contribution in [3.8, 4) is 0 Å². The topological polar surface area (TPSA) is 78.9 Å². The zero-order valence-corrected chi connectivity index (χ0v) is 10.7. The number of carbonyl (C=O) groups excluding carboxylic acids is 2. The maximum absolute atomic E-state index is 12.1. The lowest BCUT2D eigenvalue weighted by Gasteiger charge is -2.29. The number of aliphatic hydroxyl groups is 1. The van der Waals surface area contributed by atoms with Crippen LogP contribution in [0.25, 0.3) is 0 Å². The van der Waals surface area contributed by atoms with Crippen LogP contribution in [-0.4, -0.2) is 28.9 Å².